The molecule has 1 rings (SSSR count). The van der Waals surface area contributed by atoms with E-state index in [1.807, 2.05) is 6.07 Å². The van der Waals surface area contributed by atoms with Crippen molar-refractivity contribution in [2.75, 3.05) is 6.54 Å². The molecule has 0 fully saturated rings. The number of amides is 2. The third-order valence-electron chi connectivity index (χ3n) is 2.89. The minimum Gasteiger partial charge on any atom is -0.481 e. The van der Waals surface area contributed by atoms with Gasteiger partial charge in [0.1, 0.15) is 19.2 Å². The molecule has 0 aromatic heterocycles. The van der Waals surface area contributed by atoms with Gasteiger partial charge in [-0.15, -0.1) is 0 Å². The number of carboxylic acids is 2. The Hall–Kier alpha value is -3.10. The van der Waals surface area contributed by atoms with Crippen molar-refractivity contribution in [3.63, 3.8) is 0 Å². The Bertz CT molecular complexity index is 589. The van der Waals surface area contributed by atoms with E-state index in [9.17, 15) is 19.2 Å². The van der Waals surface area contributed by atoms with Gasteiger partial charge in [0.2, 0.25) is 5.91 Å². The number of hydrogen-bond donors (Lipinski definition) is 4. The Morgan fingerprint density at radius 1 is 1.08 bits per heavy atom. The predicted octanol–water partition coefficient (Wildman–Crippen LogP) is 0.347. The van der Waals surface area contributed by atoms with Gasteiger partial charge in [-0.1, -0.05) is 30.3 Å². The van der Waals surface area contributed by atoms with Crippen molar-refractivity contribution in [3.8, 4) is 0 Å². The van der Waals surface area contributed by atoms with Crippen LogP contribution in [0.25, 0.3) is 0 Å². The molecule has 0 aliphatic heterocycles. The van der Waals surface area contributed by atoms with Gasteiger partial charge in [-0.3, -0.25) is 9.59 Å². The molecule has 0 aliphatic carbocycles. The summed E-state index contributed by atoms with van der Waals surface area (Å²) < 4.78 is 4.89. The molecular weight excluding hydrogens is 320 g/mol. The summed E-state index contributed by atoms with van der Waals surface area (Å²) in [6.07, 6.45) is -1.48. The van der Waals surface area contributed by atoms with E-state index in [-0.39, 0.29) is 13.0 Å². The second-order valence-electron chi connectivity index (χ2n) is 4.81. The quantitative estimate of drug-likeness (QED) is 0.509. The summed E-state index contributed by atoms with van der Waals surface area (Å²) in [6, 6.07) is 7.58. The fraction of sp³-hybridized carbons (Fsp3) is 0.333. The molecule has 0 saturated heterocycles. The second-order valence-corrected chi connectivity index (χ2v) is 4.81. The molecule has 2 amide bonds. The third-order valence-corrected chi connectivity index (χ3v) is 2.89. The lowest BCUT2D eigenvalue weighted by Gasteiger charge is -2.13. The van der Waals surface area contributed by atoms with Crippen molar-refractivity contribution >= 4 is 23.9 Å². The Morgan fingerprint density at radius 3 is 2.33 bits per heavy atom. The smallest absolute Gasteiger partial charge is 0.407 e. The number of benzene rings is 1. The van der Waals surface area contributed by atoms with Crippen LogP contribution in [0.15, 0.2) is 30.3 Å². The maximum atomic E-state index is 11.6. The van der Waals surface area contributed by atoms with Crippen LogP contribution in [0.2, 0.25) is 0 Å². The highest BCUT2D eigenvalue weighted by atomic mass is 16.5. The van der Waals surface area contributed by atoms with Gasteiger partial charge >= 0.3 is 18.0 Å². The van der Waals surface area contributed by atoms with Crippen LogP contribution < -0.4 is 10.6 Å². The topological polar surface area (TPSA) is 142 Å². The van der Waals surface area contributed by atoms with Gasteiger partial charge in [0.15, 0.2) is 0 Å². The first-order valence-electron chi connectivity index (χ1n) is 7.07. The van der Waals surface area contributed by atoms with Crippen LogP contribution in [-0.2, 0) is 25.7 Å². The van der Waals surface area contributed by atoms with Crippen molar-refractivity contribution in [2.45, 2.75) is 25.5 Å². The summed E-state index contributed by atoms with van der Waals surface area (Å²) in [6.45, 7) is -0.449. The SMILES string of the molecule is O=C(O)CC[C@H](NC(=O)CNC(=O)OCc1ccccc1)C(=O)O. The summed E-state index contributed by atoms with van der Waals surface area (Å²) in [5, 5.41) is 21.7. The zero-order valence-corrected chi connectivity index (χ0v) is 12.7. The molecule has 1 aromatic carbocycles. The van der Waals surface area contributed by atoms with Gasteiger partial charge in [-0.25, -0.2) is 9.59 Å². The van der Waals surface area contributed by atoms with Crippen molar-refractivity contribution in [1.82, 2.24) is 10.6 Å². The van der Waals surface area contributed by atoms with Crippen LogP contribution in [0.5, 0.6) is 0 Å². The lowest BCUT2D eigenvalue weighted by Crippen LogP contribution is -2.45. The molecule has 0 aliphatic rings. The van der Waals surface area contributed by atoms with E-state index in [1.165, 1.54) is 0 Å². The molecule has 4 N–H and O–H groups in total. The Kier molecular flexibility index (Phi) is 7.76. The normalized spacial score (nSPS) is 11.2. The first kappa shape index (κ1) is 18.9. The highest BCUT2D eigenvalue weighted by molar-refractivity contribution is 5.86. The molecule has 24 heavy (non-hydrogen) atoms. The monoisotopic (exact) mass is 338 g/mol. The number of alkyl carbamates (subject to hydrolysis) is 1. The maximum absolute atomic E-state index is 11.6. The minimum absolute atomic E-state index is 0.0324. The average Bonchev–Trinajstić information content (AvgIpc) is 2.55. The van der Waals surface area contributed by atoms with E-state index in [0.717, 1.165) is 5.56 Å². The largest absolute Gasteiger partial charge is 0.481 e. The molecule has 0 unspecified atom stereocenters. The van der Waals surface area contributed by atoms with E-state index in [4.69, 9.17) is 14.9 Å². The summed E-state index contributed by atoms with van der Waals surface area (Å²) in [5.41, 5.74) is 0.775. The van der Waals surface area contributed by atoms with Crippen LogP contribution >= 0.6 is 0 Å². The third kappa shape index (κ3) is 7.78. The number of carbonyl (C=O) groups excluding carboxylic acids is 2. The van der Waals surface area contributed by atoms with Crippen LogP contribution in [0.1, 0.15) is 18.4 Å². The second kappa shape index (κ2) is 9.82. The highest BCUT2D eigenvalue weighted by Gasteiger charge is 2.21. The van der Waals surface area contributed by atoms with E-state index >= 15 is 0 Å². The average molecular weight is 338 g/mol. The molecule has 0 bridgehead atoms. The number of aliphatic carboxylic acids is 2. The number of nitrogens with one attached hydrogen (secondary N) is 2. The fourth-order valence-corrected chi connectivity index (χ4v) is 1.70. The Balaban J connectivity index is 2.31. The molecule has 0 saturated carbocycles. The number of ether oxygens (including phenoxy) is 1. The lowest BCUT2D eigenvalue weighted by atomic mass is 10.1. The zero-order valence-electron chi connectivity index (χ0n) is 12.7. The molecule has 1 atom stereocenters. The highest BCUT2D eigenvalue weighted by Crippen LogP contribution is 2.00. The van der Waals surface area contributed by atoms with Gasteiger partial charge in [0.05, 0.1) is 0 Å². The maximum Gasteiger partial charge on any atom is 0.407 e. The first-order chi connectivity index (χ1) is 11.4. The van der Waals surface area contributed by atoms with Gasteiger partial charge in [-0.2, -0.15) is 0 Å². The number of carboxylic acid groups (broad SMARTS) is 2. The molecule has 9 nitrogen and oxygen atoms in total. The van der Waals surface area contributed by atoms with Gasteiger partial charge in [0, 0.05) is 6.42 Å². The minimum atomic E-state index is -1.35. The number of hydrogen-bond acceptors (Lipinski definition) is 5. The van der Waals surface area contributed by atoms with E-state index in [1.54, 1.807) is 24.3 Å². The molecule has 1 aromatic rings. The zero-order chi connectivity index (χ0) is 17.9. The first-order valence-corrected chi connectivity index (χ1v) is 7.07. The number of rotatable bonds is 9. The summed E-state index contributed by atoms with van der Waals surface area (Å²) in [7, 11) is 0. The lowest BCUT2D eigenvalue weighted by molar-refractivity contribution is -0.142. The predicted molar refractivity (Wildman–Crippen MR) is 81.1 cm³/mol. The molecule has 0 radical (unpaired) electrons. The van der Waals surface area contributed by atoms with Crippen LogP contribution in [0, 0.1) is 0 Å². The summed E-state index contributed by atoms with van der Waals surface area (Å²) in [4.78, 5) is 44.4. The Labute approximate surface area is 137 Å². The Morgan fingerprint density at radius 2 is 1.75 bits per heavy atom. The van der Waals surface area contributed by atoms with E-state index in [2.05, 4.69) is 10.6 Å². The van der Waals surface area contributed by atoms with Crippen molar-refractivity contribution in [1.29, 1.82) is 0 Å². The molecule has 9 heteroatoms. The fourth-order valence-electron chi connectivity index (χ4n) is 1.70. The van der Waals surface area contributed by atoms with Crippen LogP contribution in [0.3, 0.4) is 0 Å². The van der Waals surface area contributed by atoms with Crippen LogP contribution in [-0.4, -0.2) is 46.7 Å². The van der Waals surface area contributed by atoms with Crippen molar-refractivity contribution < 1.29 is 34.1 Å². The molecule has 0 heterocycles. The number of carbonyl (C=O) groups is 4. The summed E-state index contributed by atoms with van der Waals surface area (Å²) >= 11 is 0. The van der Waals surface area contributed by atoms with Crippen molar-refractivity contribution in [3.05, 3.63) is 35.9 Å². The summed E-state index contributed by atoms with van der Waals surface area (Å²) in [5.74, 6) is -3.28. The van der Waals surface area contributed by atoms with E-state index in [0.29, 0.717) is 0 Å². The van der Waals surface area contributed by atoms with Gasteiger partial charge in [-0.05, 0) is 12.0 Å². The standard InChI is InChI=1S/C15H18N2O7/c18-12(17-11(14(21)22)6-7-13(19)20)8-16-15(23)24-9-10-4-2-1-3-5-10/h1-5,11H,6-9H2,(H,16,23)(H,17,18)(H,19,20)(H,21,22)/t11-/m0/s1. The van der Waals surface area contributed by atoms with Crippen molar-refractivity contribution in [2.24, 2.45) is 0 Å². The molecule has 130 valence electrons. The van der Waals surface area contributed by atoms with Gasteiger partial charge < -0.3 is 25.6 Å². The molecule has 0 spiro atoms. The molecular formula is C15H18N2O7. The van der Waals surface area contributed by atoms with E-state index < -0.39 is 42.9 Å². The van der Waals surface area contributed by atoms with Gasteiger partial charge in [0.25, 0.3) is 0 Å². The van der Waals surface area contributed by atoms with Crippen LogP contribution in [0.4, 0.5) is 4.79 Å².